The van der Waals surface area contributed by atoms with Gasteiger partial charge in [0.1, 0.15) is 12.2 Å². The van der Waals surface area contributed by atoms with Gasteiger partial charge in [-0.2, -0.15) is 0 Å². The van der Waals surface area contributed by atoms with Crippen molar-refractivity contribution in [2.24, 2.45) is 0 Å². The topological polar surface area (TPSA) is 79.2 Å². The van der Waals surface area contributed by atoms with E-state index in [1.165, 1.54) is 0 Å². The van der Waals surface area contributed by atoms with Crippen molar-refractivity contribution in [2.75, 3.05) is 13.2 Å². The third kappa shape index (κ3) is 2.62. The van der Waals surface area contributed by atoms with Crippen LogP contribution < -0.4 is 0 Å². The van der Waals surface area contributed by atoms with Crippen LogP contribution in [0.2, 0.25) is 0 Å². The maximum absolute atomic E-state index is 9.44. The van der Waals surface area contributed by atoms with Gasteiger partial charge in [0.25, 0.3) is 0 Å². The number of rotatable bonds is 3. The average molecular weight is 193 g/mol. The minimum absolute atomic E-state index is 0.348. The summed E-state index contributed by atoms with van der Waals surface area (Å²) in [6.45, 7) is 1.68. The molecular weight excluding hydrogens is 176 g/mol. The molecule has 78 valence electrons. The summed E-state index contributed by atoms with van der Waals surface area (Å²) >= 11 is 0. The lowest BCUT2D eigenvalue weighted by atomic mass is 10.0. The lowest BCUT2D eigenvalue weighted by Crippen LogP contribution is -2.50. The van der Waals surface area contributed by atoms with Gasteiger partial charge in [-0.15, -0.1) is 0 Å². The second-order valence-electron chi connectivity index (χ2n) is 2.85. The number of hydrogen-bond donors (Lipinski definition) is 3. The lowest BCUT2D eigenvalue weighted by molar-refractivity contribution is -0.255. The fourth-order valence-corrected chi connectivity index (χ4v) is 1.20. The van der Waals surface area contributed by atoms with Gasteiger partial charge < -0.3 is 24.8 Å². The van der Waals surface area contributed by atoms with Crippen LogP contribution in [0.25, 0.3) is 0 Å². The SMILES string of the molecule is [2H][C@@H]1[C@@H](OCC)O[C@H](CO)[C@@H](O)[C@@H]1O. The molecule has 1 aliphatic rings. The first-order valence-corrected chi connectivity index (χ1v) is 4.28. The molecule has 0 aromatic carbocycles. The summed E-state index contributed by atoms with van der Waals surface area (Å²) in [7, 11) is 0. The van der Waals surface area contributed by atoms with Gasteiger partial charge in [-0.25, -0.2) is 0 Å². The van der Waals surface area contributed by atoms with Crippen molar-refractivity contribution in [2.45, 2.75) is 37.9 Å². The molecule has 5 nitrogen and oxygen atoms in total. The Kier molecular flexibility index (Phi) is 3.51. The molecule has 13 heavy (non-hydrogen) atoms. The summed E-state index contributed by atoms with van der Waals surface area (Å²) in [6.07, 6.45) is -5.32. The Morgan fingerprint density at radius 3 is 2.85 bits per heavy atom. The number of hydrogen-bond acceptors (Lipinski definition) is 5. The van der Waals surface area contributed by atoms with Crippen molar-refractivity contribution in [3.05, 3.63) is 0 Å². The molecule has 1 fully saturated rings. The van der Waals surface area contributed by atoms with Gasteiger partial charge in [-0.3, -0.25) is 0 Å². The fourth-order valence-electron chi connectivity index (χ4n) is 1.20. The Bertz CT molecular complexity index is 175. The Morgan fingerprint density at radius 1 is 1.62 bits per heavy atom. The van der Waals surface area contributed by atoms with Gasteiger partial charge in [0.05, 0.1) is 12.7 Å². The highest BCUT2D eigenvalue weighted by Gasteiger charge is 2.36. The first kappa shape index (κ1) is 9.36. The van der Waals surface area contributed by atoms with E-state index in [2.05, 4.69) is 0 Å². The van der Waals surface area contributed by atoms with Crippen molar-refractivity contribution in [3.8, 4) is 0 Å². The second kappa shape index (κ2) is 4.88. The van der Waals surface area contributed by atoms with Gasteiger partial charge in [0, 0.05) is 14.4 Å². The molecule has 1 aliphatic heterocycles. The number of ether oxygens (including phenoxy) is 2. The molecule has 1 saturated heterocycles. The smallest absolute Gasteiger partial charge is 0.160 e. The molecule has 0 bridgehead atoms. The predicted octanol–water partition coefficient (Wildman–Crippen LogP) is -1.15. The summed E-state index contributed by atoms with van der Waals surface area (Å²) in [5.74, 6) is 0. The maximum atomic E-state index is 9.44. The third-order valence-electron chi connectivity index (χ3n) is 1.90. The van der Waals surface area contributed by atoms with Gasteiger partial charge in [-0.1, -0.05) is 0 Å². The standard InChI is InChI=1S/C8H16O5/c1-2-12-7-3-5(10)8(11)6(4-9)13-7/h5-11H,2-4H2,1H3/t5-,6-,7+,8+/m1/s1/i3D/t3-,5+,6+,7-,8-/m0. The average Bonchev–Trinajstić information content (AvgIpc) is 2.19. The zero-order valence-corrected chi connectivity index (χ0v) is 7.46. The van der Waals surface area contributed by atoms with Crippen molar-refractivity contribution in [1.82, 2.24) is 0 Å². The molecule has 0 aromatic rings. The van der Waals surface area contributed by atoms with Crippen LogP contribution in [0.15, 0.2) is 0 Å². The van der Waals surface area contributed by atoms with Gasteiger partial charge in [0.2, 0.25) is 0 Å². The van der Waals surface area contributed by atoms with Crippen molar-refractivity contribution >= 4 is 0 Å². The lowest BCUT2D eigenvalue weighted by Gasteiger charge is -2.35. The molecule has 0 amide bonds. The highest BCUT2D eigenvalue weighted by atomic mass is 16.7. The van der Waals surface area contributed by atoms with Crippen molar-refractivity contribution in [1.29, 1.82) is 0 Å². The van der Waals surface area contributed by atoms with Crippen molar-refractivity contribution < 1.29 is 26.2 Å². The molecule has 5 atom stereocenters. The van der Waals surface area contributed by atoms with Gasteiger partial charge in [-0.05, 0) is 6.92 Å². The fraction of sp³-hybridized carbons (Fsp3) is 1.00. The largest absolute Gasteiger partial charge is 0.394 e. The van der Waals surface area contributed by atoms with E-state index in [1.54, 1.807) is 6.92 Å². The molecule has 1 rings (SSSR count). The minimum Gasteiger partial charge on any atom is -0.394 e. The van der Waals surface area contributed by atoms with Crippen molar-refractivity contribution in [3.63, 3.8) is 0 Å². The number of aliphatic hydroxyl groups excluding tert-OH is 3. The Hall–Kier alpha value is -0.200. The molecule has 0 radical (unpaired) electrons. The Labute approximate surface area is 78.3 Å². The van der Waals surface area contributed by atoms with Crippen LogP contribution in [0.3, 0.4) is 0 Å². The molecule has 0 aliphatic carbocycles. The van der Waals surface area contributed by atoms with E-state index in [0.29, 0.717) is 6.61 Å². The van der Waals surface area contributed by atoms with Gasteiger partial charge in [0.15, 0.2) is 6.29 Å². The highest BCUT2D eigenvalue weighted by molar-refractivity contribution is 4.82. The predicted molar refractivity (Wildman–Crippen MR) is 44.0 cm³/mol. The third-order valence-corrected chi connectivity index (χ3v) is 1.90. The summed E-state index contributed by atoms with van der Waals surface area (Å²) in [4.78, 5) is 0. The normalized spacial score (nSPS) is 47.4. The van der Waals surface area contributed by atoms with E-state index < -0.39 is 37.6 Å². The first-order valence-electron chi connectivity index (χ1n) is 4.85. The van der Waals surface area contributed by atoms with Crippen LogP contribution in [0.5, 0.6) is 0 Å². The molecular formula is C8H16O5. The number of aliphatic hydroxyl groups is 3. The molecule has 0 spiro atoms. The van der Waals surface area contributed by atoms with Crippen LogP contribution in [0, 0.1) is 0 Å². The quantitative estimate of drug-likeness (QED) is 0.527. The molecule has 3 N–H and O–H groups in total. The molecule has 0 unspecified atom stereocenters. The van der Waals surface area contributed by atoms with Crippen LogP contribution in [0.4, 0.5) is 0 Å². The zero-order chi connectivity index (χ0) is 10.7. The maximum Gasteiger partial charge on any atom is 0.160 e. The monoisotopic (exact) mass is 193 g/mol. The van der Waals surface area contributed by atoms with E-state index >= 15 is 0 Å². The minimum atomic E-state index is -1.25. The molecule has 1 heterocycles. The van der Waals surface area contributed by atoms with E-state index in [1.807, 2.05) is 0 Å². The van der Waals surface area contributed by atoms with E-state index in [-0.39, 0.29) is 0 Å². The van der Waals surface area contributed by atoms with E-state index in [9.17, 15) is 10.2 Å². The second-order valence-corrected chi connectivity index (χ2v) is 2.85. The van der Waals surface area contributed by atoms with Crippen LogP contribution in [-0.4, -0.2) is 53.1 Å². The summed E-state index contributed by atoms with van der Waals surface area (Å²) in [5.41, 5.74) is 0. The summed E-state index contributed by atoms with van der Waals surface area (Å²) in [6, 6.07) is 0. The zero-order valence-electron chi connectivity index (χ0n) is 8.46. The Balaban J connectivity index is 2.63. The summed E-state index contributed by atoms with van der Waals surface area (Å²) < 4.78 is 17.6. The van der Waals surface area contributed by atoms with Gasteiger partial charge >= 0.3 is 0 Å². The first-order chi connectivity index (χ1) is 6.61. The molecule has 0 saturated carbocycles. The van der Waals surface area contributed by atoms with E-state index in [4.69, 9.17) is 16.0 Å². The summed E-state index contributed by atoms with van der Waals surface area (Å²) in [5, 5.41) is 27.7. The Morgan fingerprint density at radius 2 is 2.31 bits per heavy atom. The van der Waals surface area contributed by atoms with Crippen LogP contribution in [0.1, 0.15) is 14.7 Å². The van der Waals surface area contributed by atoms with Crippen LogP contribution >= 0.6 is 0 Å². The molecule has 5 heteroatoms. The van der Waals surface area contributed by atoms with Crippen LogP contribution in [-0.2, 0) is 9.47 Å². The highest BCUT2D eigenvalue weighted by Crippen LogP contribution is 2.20. The van der Waals surface area contributed by atoms with E-state index in [0.717, 1.165) is 0 Å². The molecule has 0 aromatic heterocycles.